The summed E-state index contributed by atoms with van der Waals surface area (Å²) in [5.74, 6) is -2.23. The zero-order chi connectivity index (χ0) is 37.9. The highest BCUT2D eigenvalue weighted by atomic mass is 16.6. The van der Waals surface area contributed by atoms with E-state index in [0.29, 0.717) is 17.7 Å². The second kappa shape index (κ2) is 18.9. The van der Waals surface area contributed by atoms with Crippen LogP contribution in [0.2, 0.25) is 0 Å². The van der Waals surface area contributed by atoms with Gasteiger partial charge in [-0.15, -0.1) is 5.10 Å². The van der Waals surface area contributed by atoms with Crippen molar-refractivity contribution in [2.45, 2.75) is 116 Å². The zero-order valence-corrected chi connectivity index (χ0v) is 31.1. The average molecular weight is 723 g/mol. The number of ether oxygens (including phenoxy) is 3. The van der Waals surface area contributed by atoms with E-state index in [9.17, 15) is 24.3 Å². The molecular formula is C38H54N6O8. The van der Waals surface area contributed by atoms with E-state index in [-0.39, 0.29) is 47.5 Å². The maximum absolute atomic E-state index is 14.0. The number of nitrogens with zero attached hydrogens (tertiary/aromatic N) is 3. The Labute approximate surface area is 305 Å². The number of carbonyl (C=O) groups is 4. The van der Waals surface area contributed by atoms with Crippen molar-refractivity contribution in [3.8, 4) is 0 Å². The Morgan fingerprint density at radius 1 is 1.10 bits per heavy atom. The highest BCUT2D eigenvalue weighted by molar-refractivity contribution is 6.23. The Balaban J connectivity index is 1.67. The highest BCUT2D eigenvalue weighted by Gasteiger charge is 2.33. The van der Waals surface area contributed by atoms with E-state index in [4.69, 9.17) is 19.9 Å². The molecular weight excluding hydrogens is 668 g/mol. The molecule has 0 unspecified atom stereocenters. The number of primary amides is 1. The molecule has 1 saturated carbocycles. The maximum Gasteiger partial charge on any atom is 0.405 e. The van der Waals surface area contributed by atoms with E-state index in [1.807, 2.05) is 24.7 Å². The van der Waals surface area contributed by atoms with Crippen molar-refractivity contribution in [3.63, 3.8) is 0 Å². The van der Waals surface area contributed by atoms with Crippen LogP contribution in [0.15, 0.2) is 64.7 Å². The highest BCUT2D eigenvalue weighted by Crippen LogP contribution is 2.30. The third-order valence-corrected chi connectivity index (χ3v) is 10.00. The van der Waals surface area contributed by atoms with Crippen molar-refractivity contribution in [3.05, 3.63) is 70.4 Å². The van der Waals surface area contributed by atoms with Crippen LogP contribution in [0.1, 0.15) is 90.8 Å². The summed E-state index contributed by atoms with van der Waals surface area (Å²) in [6.45, 7) is 7.20. The number of Topliss-reactive ketones (excluding diaryl/α,β-unsaturated/α-hetero) is 1. The van der Waals surface area contributed by atoms with Crippen LogP contribution in [-0.2, 0) is 35.1 Å². The summed E-state index contributed by atoms with van der Waals surface area (Å²) in [6, 6.07) is 0.287. The van der Waals surface area contributed by atoms with Gasteiger partial charge in [0.1, 0.15) is 11.8 Å². The molecule has 52 heavy (non-hydrogen) atoms. The number of ketones is 2. The summed E-state index contributed by atoms with van der Waals surface area (Å²) in [5, 5.41) is 25.9. The van der Waals surface area contributed by atoms with Crippen LogP contribution in [0.3, 0.4) is 0 Å². The number of rotatable bonds is 7. The van der Waals surface area contributed by atoms with Crippen LogP contribution in [0.25, 0.3) is 0 Å². The van der Waals surface area contributed by atoms with Gasteiger partial charge in [0, 0.05) is 37.4 Å². The SMILES string of the molecule is CO[C@H]1/C=C\C=C(/C)C(=O)NC2=CC(=O)C(NCc3cn(C4CCCCCC4)nn3)=C(C[C@@H](C)C[C@H](OC)[C@H](O)[C@@H](C)/C=C(\C)[C@@H]1OC(N)=O)C2=O. The fraction of sp³-hybridized carbons (Fsp3) is 0.579. The number of aliphatic hydroxyl groups excluding tert-OH is 1. The van der Waals surface area contributed by atoms with E-state index in [2.05, 4.69) is 20.9 Å². The number of amides is 2. The van der Waals surface area contributed by atoms with E-state index in [1.165, 1.54) is 33.1 Å². The normalized spacial score (nSPS) is 30.3. The second-order valence-corrected chi connectivity index (χ2v) is 14.1. The topological polar surface area (TPSA) is 197 Å². The van der Waals surface area contributed by atoms with Crippen LogP contribution in [0.4, 0.5) is 4.79 Å². The van der Waals surface area contributed by atoms with Gasteiger partial charge in [-0.05, 0) is 51.0 Å². The number of aliphatic hydroxyl groups is 1. The molecule has 0 aromatic carbocycles. The van der Waals surface area contributed by atoms with Gasteiger partial charge in [0.25, 0.3) is 5.91 Å². The monoisotopic (exact) mass is 722 g/mol. The molecule has 1 aromatic rings. The van der Waals surface area contributed by atoms with Crippen molar-refractivity contribution in [1.29, 1.82) is 0 Å². The van der Waals surface area contributed by atoms with Gasteiger partial charge in [0.2, 0.25) is 11.6 Å². The predicted molar refractivity (Wildman–Crippen MR) is 193 cm³/mol. The molecule has 3 aliphatic rings. The van der Waals surface area contributed by atoms with Crippen molar-refractivity contribution in [1.82, 2.24) is 25.6 Å². The summed E-state index contributed by atoms with van der Waals surface area (Å²) in [5.41, 5.74) is 7.06. The molecule has 0 spiro atoms. The summed E-state index contributed by atoms with van der Waals surface area (Å²) in [7, 11) is 2.94. The minimum absolute atomic E-state index is 0.132. The Bertz CT molecular complexity index is 1620. The molecule has 14 heteroatoms. The summed E-state index contributed by atoms with van der Waals surface area (Å²) in [6.07, 6.45) is 12.4. The number of methoxy groups -OCH3 is 2. The first-order valence-electron chi connectivity index (χ1n) is 18.1. The molecule has 14 nitrogen and oxygen atoms in total. The Morgan fingerprint density at radius 2 is 1.81 bits per heavy atom. The van der Waals surface area contributed by atoms with Gasteiger partial charge < -0.3 is 35.7 Å². The number of nitrogens with two attached hydrogens (primary N) is 1. The lowest BCUT2D eigenvalue weighted by atomic mass is 9.85. The average Bonchev–Trinajstić information content (AvgIpc) is 3.41. The van der Waals surface area contributed by atoms with Gasteiger partial charge in [-0.3, -0.25) is 14.4 Å². The van der Waals surface area contributed by atoms with Gasteiger partial charge in [-0.2, -0.15) is 0 Å². The van der Waals surface area contributed by atoms with Crippen molar-refractivity contribution >= 4 is 23.6 Å². The van der Waals surface area contributed by atoms with Crippen molar-refractivity contribution < 1.29 is 38.5 Å². The molecule has 2 amide bonds. The third kappa shape index (κ3) is 10.6. The van der Waals surface area contributed by atoms with E-state index < -0.39 is 53.9 Å². The minimum atomic E-state index is -1.00. The summed E-state index contributed by atoms with van der Waals surface area (Å²) in [4.78, 5) is 52.8. The van der Waals surface area contributed by atoms with Crippen molar-refractivity contribution in [2.24, 2.45) is 17.6 Å². The third-order valence-electron chi connectivity index (χ3n) is 10.00. The Morgan fingerprint density at radius 3 is 2.46 bits per heavy atom. The number of aromatic nitrogens is 3. The fourth-order valence-corrected chi connectivity index (χ4v) is 7.05. The molecule has 6 atom stereocenters. The minimum Gasteiger partial charge on any atom is -0.439 e. The standard InChI is InChI=1S/C38H54N6O8/c1-22-16-28-33(40-20-26-21-44(43-42-26)27-13-9-7-8-10-14-27)30(45)19-29(35(28)47)41-37(48)23(2)12-11-15-31(50-5)36(52-38(39)49)25(4)18-24(3)34(46)32(17-22)51-6/h11-12,15,18-19,21-22,24,27,31-32,34,36,40,46H,7-10,13-14,16-17,20H2,1-6H3,(H2,39,49)(H,41,48)/b15-11-,23-12+,25-18+/t22-,24+,31+,32+,34-,36+/m1/s1. The lowest BCUT2D eigenvalue weighted by Crippen LogP contribution is -2.37. The molecule has 0 saturated heterocycles. The molecule has 4 rings (SSSR count). The maximum atomic E-state index is 14.0. The Kier molecular flexibility index (Phi) is 14.7. The number of allylic oxidation sites excluding steroid dienone is 4. The second-order valence-electron chi connectivity index (χ2n) is 14.1. The first kappa shape index (κ1) is 40.4. The van der Waals surface area contributed by atoms with Crippen LogP contribution < -0.4 is 16.4 Å². The van der Waals surface area contributed by atoms with Crippen LogP contribution in [0, 0.1) is 11.8 Å². The van der Waals surface area contributed by atoms with Crippen LogP contribution in [0.5, 0.6) is 0 Å². The smallest absolute Gasteiger partial charge is 0.405 e. The quantitative estimate of drug-likeness (QED) is 0.180. The lowest BCUT2D eigenvalue weighted by Gasteiger charge is -2.30. The van der Waals surface area contributed by atoms with E-state index in [0.717, 1.165) is 31.8 Å². The van der Waals surface area contributed by atoms with E-state index in [1.54, 1.807) is 32.1 Å². The Hall–Kier alpha value is -4.40. The fourth-order valence-electron chi connectivity index (χ4n) is 7.05. The van der Waals surface area contributed by atoms with Crippen LogP contribution in [-0.4, -0.2) is 82.3 Å². The van der Waals surface area contributed by atoms with Gasteiger partial charge >= 0.3 is 6.09 Å². The summed E-state index contributed by atoms with van der Waals surface area (Å²) >= 11 is 0. The molecule has 2 bridgehead atoms. The van der Waals surface area contributed by atoms with Gasteiger partial charge in [-0.1, -0.05) is 69.0 Å². The molecule has 1 aromatic heterocycles. The van der Waals surface area contributed by atoms with Crippen molar-refractivity contribution in [2.75, 3.05) is 14.2 Å². The van der Waals surface area contributed by atoms with Crippen LogP contribution >= 0.6 is 0 Å². The molecule has 2 heterocycles. The number of fused-ring (bicyclic) bond motifs is 2. The number of hydrogen-bond donors (Lipinski definition) is 4. The predicted octanol–water partition coefficient (Wildman–Crippen LogP) is 4.04. The van der Waals surface area contributed by atoms with E-state index >= 15 is 0 Å². The molecule has 1 aliphatic heterocycles. The first-order chi connectivity index (χ1) is 24.8. The molecule has 1 fully saturated rings. The molecule has 0 radical (unpaired) electrons. The van der Waals surface area contributed by atoms with Gasteiger partial charge in [0.15, 0.2) is 6.10 Å². The largest absolute Gasteiger partial charge is 0.439 e. The first-order valence-corrected chi connectivity index (χ1v) is 18.1. The molecule has 2 aliphatic carbocycles. The molecule has 5 N–H and O–H groups in total. The molecule has 284 valence electrons. The zero-order valence-electron chi connectivity index (χ0n) is 31.1. The number of nitrogens with one attached hydrogen (secondary N) is 2. The van der Waals surface area contributed by atoms with Gasteiger partial charge in [-0.25, -0.2) is 9.48 Å². The summed E-state index contributed by atoms with van der Waals surface area (Å²) < 4.78 is 18.7. The number of carbonyl (C=O) groups excluding carboxylic acids is 4. The van der Waals surface area contributed by atoms with Gasteiger partial charge in [0.05, 0.1) is 42.4 Å². The number of hydrogen-bond acceptors (Lipinski definition) is 11. The lowest BCUT2D eigenvalue weighted by molar-refractivity contribution is -0.120.